The molecule has 0 saturated heterocycles. The number of ether oxygens (including phenoxy) is 1. The lowest BCUT2D eigenvalue weighted by Gasteiger charge is -2.36. The van der Waals surface area contributed by atoms with E-state index in [0.29, 0.717) is 24.3 Å². The van der Waals surface area contributed by atoms with Crippen LogP contribution in [-0.4, -0.2) is 29.9 Å². The van der Waals surface area contributed by atoms with Crippen LogP contribution in [0.15, 0.2) is 42.7 Å². The van der Waals surface area contributed by atoms with Gasteiger partial charge in [-0.05, 0) is 54.5 Å². The molecule has 0 amide bonds. The molecular formula is C20H23N3O4S. The number of fused-ring (bicyclic) bond motifs is 2. The molecule has 1 N–H and O–H groups in total. The van der Waals surface area contributed by atoms with Crippen LogP contribution in [0.25, 0.3) is 0 Å². The third kappa shape index (κ3) is 3.15. The highest BCUT2D eigenvalue weighted by atomic mass is 32.2. The van der Waals surface area contributed by atoms with Crippen molar-refractivity contribution in [2.24, 2.45) is 16.7 Å². The van der Waals surface area contributed by atoms with Gasteiger partial charge < -0.3 is 4.74 Å². The van der Waals surface area contributed by atoms with E-state index in [0.717, 1.165) is 6.42 Å². The number of nitrogens with zero attached hydrogens (tertiary/aromatic N) is 2. The van der Waals surface area contributed by atoms with Crippen molar-refractivity contribution in [2.45, 2.75) is 33.1 Å². The zero-order valence-electron chi connectivity index (χ0n) is 15.9. The smallest absolute Gasteiger partial charge is 0.321 e. The van der Waals surface area contributed by atoms with E-state index < -0.39 is 15.4 Å². The summed E-state index contributed by atoms with van der Waals surface area (Å²) < 4.78 is 33.8. The van der Waals surface area contributed by atoms with Gasteiger partial charge in [0, 0.05) is 24.5 Å². The fourth-order valence-corrected chi connectivity index (χ4v) is 6.58. The lowest BCUT2D eigenvalue weighted by Crippen LogP contribution is -2.43. The standard InChI is InChI=1S/C20H23N3O4S/c1-19(2)14-8-9-20(19,17(24)12-14)13-28(25,26)23-15-4-6-16(7-5-15)27-18-21-10-3-11-22-18/h3-7,10-11,14,23H,8-9,12-13H2,1-2H3. The van der Waals surface area contributed by atoms with Gasteiger partial charge in [0.15, 0.2) is 0 Å². The summed E-state index contributed by atoms with van der Waals surface area (Å²) in [6, 6.07) is 8.42. The number of benzene rings is 1. The Balaban J connectivity index is 1.47. The SMILES string of the molecule is CC1(C)C2CCC1(CS(=O)(=O)Nc1ccc(Oc3ncccn3)cc1)C(=O)C2. The molecule has 2 atom stereocenters. The quantitative estimate of drug-likeness (QED) is 0.796. The highest BCUT2D eigenvalue weighted by molar-refractivity contribution is 7.92. The van der Waals surface area contributed by atoms with Gasteiger partial charge in [-0.2, -0.15) is 0 Å². The van der Waals surface area contributed by atoms with Gasteiger partial charge in [0.1, 0.15) is 11.5 Å². The average Bonchev–Trinajstić information content (AvgIpc) is 2.98. The minimum atomic E-state index is -3.67. The Morgan fingerprint density at radius 2 is 1.86 bits per heavy atom. The van der Waals surface area contributed by atoms with E-state index in [1.165, 1.54) is 0 Å². The summed E-state index contributed by atoms with van der Waals surface area (Å²) >= 11 is 0. The fraction of sp³-hybridized carbons (Fsp3) is 0.450. The zero-order valence-corrected chi connectivity index (χ0v) is 16.7. The molecule has 7 nitrogen and oxygen atoms in total. The number of anilines is 1. The Labute approximate surface area is 164 Å². The molecule has 1 heterocycles. The number of carbonyl (C=O) groups excluding carboxylic acids is 1. The number of aromatic nitrogens is 2. The second-order valence-electron chi connectivity index (χ2n) is 8.19. The summed E-state index contributed by atoms with van der Waals surface area (Å²) in [4.78, 5) is 20.6. The molecule has 28 heavy (non-hydrogen) atoms. The van der Waals surface area contributed by atoms with Gasteiger partial charge in [0.2, 0.25) is 10.0 Å². The summed E-state index contributed by atoms with van der Waals surface area (Å²) in [6.45, 7) is 4.06. The van der Waals surface area contributed by atoms with Crippen LogP contribution < -0.4 is 9.46 Å². The minimum absolute atomic E-state index is 0.0886. The molecule has 4 rings (SSSR count). The van der Waals surface area contributed by atoms with Crippen LogP contribution in [0.4, 0.5) is 5.69 Å². The molecule has 1 aromatic heterocycles. The molecule has 0 spiro atoms. The zero-order chi connectivity index (χ0) is 20.0. The van der Waals surface area contributed by atoms with E-state index in [4.69, 9.17) is 4.74 Å². The minimum Gasteiger partial charge on any atom is -0.424 e. The first-order valence-electron chi connectivity index (χ1n) is 9.31. The number of hydrogen-bond acceptors (Lipinski definition) is 6. The molecule has 2 aliphatic carbocycles. The summed E-state index contributed by atoms with van der Waals surface area (Å²) in [5, 5.41) is 0. The number of hydrogen-bond donors (Lipinski definition) is 1. The molecule has 8 heteroatoms. The number of carbonyl (C=O) groups is 1. The van der Waals surface area contributed by atoms with Crippen molar-refractivity contribution >= 4 is 21.5 Å². The highest BCUT2D eigenvalue weighted by Crippen LogP contribution is 2.64. The van der Waals surface area contributed by atoms with Crippen LogP contribution in [0.5, 0.6) is 11.8 Å². The first-order valence-corrected chi connectivity index (χ1v) is 11.0. The summed E-state index contributed by atoms with van der Waals surface area (Å²) in [5.41, 5.74) is -0.640. The highest BCUT2D eigenvalue weighted by Gasteiger charge is 2.65. The number of rotatable bonds is 6. The number of ketones is 1. The van der Waals surface area contributed by atoms with Crippen LogP contribution in [0.2, 0.25) is 0 Å². The first kappa shape index (κ1) is 18.9. The monoisotopic (exact) mass is 401 g/mol. The Bertz CT molecular complexity index is 990. The third-order valence-corrected chi connectivity index (χ3v) is 7.87. The number of nitrogens with one attached hydrogen (secondary N) is 1. The van der Waals surface area contributed by atoms with Gasteiger partial charge in [-0.3, -0.25) is 9.52 Å². The van der Waals surface area contributed by atoms with Crippen molar-refractivity contribution in [2.75, 3.05) is 10.5 Å². The van der Waals surface area contributed by atoms with E-state index in [9.17, 15) is 13.2 Å². The second kappa shape index (κ2) is 6.55. The largest absolute Gasteiger partial charge is 0.424 e. The van der Waals surface area contributed by atoms with Gasteiger partial charge in [-0.1, -0.05) is 13.8 Å². The topological polar surface area (TPSA) is 98.2 Å². The fourth-order valence-electron chi connectivity index (χ4n) is 4.68. The van der Waals surface area contributed by atoms with E-state index >= 15 is 0 Å². The summed E-state index contributed by atoms with van der Waals surface area (Å²) in [7, 11) is -3.67. The van der Waals surface area contributed by atoms with Gasteiger partial charge in [-0.25, -0.2) is 18.4 Å². The number of sulfonamides is 1. The molecule has 1 aromatic carbocycles. The molecule has 2 aromatic rings. The van der Waals surface area contributed by atoms with Crippen LogP contribution in [0.1, 0.15) is 33.1 Å². The van der Waals surface area contributed by atoms with Crippen molar-refractivity contribution < 1.29 is 17.9 Å². The Hall–Kier alpha value is -2.48. The van der Waals surface area contributed by atoms with E-state index in [1.807, 2.05) is 13.8 Å². The van der Waals surface area contributed by atoms with Crippen molar-refractivity contribution in [3.8, 4) is 11.8 Å². The molecular weight excluding hydrogens is 378 g/mol. The van der Waals surface area contributed by atoms with Gasteiger partial charge in [0.05, 0.1) is 11.2 Å². The molecule has 2 fully saturated rings. The lowest BCUT2D eigenvalue weighted by molar-refractivity contribution is -0.128. The Kier molecular flexibility index (Phi) is 4.41. The summed E-state index contributed by atoms with van der Waals surface area (Å²) in [6.07, 6.45) is 5.21. The third-order valence-electron chi connectivity index (χ3n) is 6.45. The van der Waals surface area contributed by atoms with Crippen LogP contribution in [0, 0.1) is 16.7 Å². The first-order chi connectivity index (χ1) is 13.2. The van der Waals surface area contributed by atoms with E-state index in [-0.39, 0.29) is 28.9 Å². The maximum atomic E-state index is 12.8. The second-order valence-corrected chi connectivity index (χ2v) is 9.91. The molecule has 2 aliphatic rings. The van der Waals surface area contributed by atoms with Crippen molar-refractivity contribution in [3.63, 3.8) is 0 Å². The van der Waals surface area contributed by atoms with E-state index in [2.05, 4.69) is 14.7 Å². The number of Topliss-reactive ketones (excluding diaryl/α,β-unsaturated/α-hetero) is 1. The molecule has 2 unspecified atom stereocenters. The lowest BCUT2D eigenvalue weighted by atomic mass is 9.70. The molecule has 0 radical (unpaired) electrons. The van der Waals surface area contributed by atoms with Crippen LogP contribution >= 0.6 is 0 Å². The van der Waals surface area contributed by atoms with Gasteiger partial charge in [0.25, 0.3) is 0 Å². The Morgan fingerprint density at radius 3 is 2.43 bits per heavy atom. The van der Waals surface area contributed by atoms with Gasteiger partial charge in [-0.15, -0.1) is 0 Å². The molecule has 2 saturated carbocycles. The van der Waals surface area contributed by atoms with Gasteiger partial charge >= 0.3 is 6.01 Å². The van der Waals surface area contributed by atoms with Crippen molar-refractivity contribution in [1.82, 2.24) is 9.97 Å². The Morgan fingerprint density at radius 1 is 1.18 bits per heavy atom. The summed E-state index contributed by atoms with van der Waals surface area (Å²) in [5.74, 6) is 0.703. The predicted octanol–water partition coefficient (Wildman–Crippen LogP) is 3.41. The van der Waals surface area contributed by atoms with E-state index in [1.54, 1.807) is 42.7 Å². The predicted molar refractivity (Wildman–Crippen MR) is 105 cm³/mol. The maximum Gasteiger partial charge on any atom is 0.321 e. The molecule has 148 valence electrons. The average molecular weight is 401 g/mol. The molecule has 2 bridgehead atoms. The van der Waals surface area contributed by atoms with Crippen molar-refractivity contribution in [1.29, 1.82) is 0 Å². The molecule has 0 aliphatic heterocycles. The van der Waals surface area contributed by atoms with Crippen molar-refractivity contribution in [3.05, 3.63) is 42.7 Å². The van der Waals surface area contributed by atoms with Crippen LogP contribution in [0.3, 0.4) is 0 Å². The maximum absolute atomic E-state index is 12.8. The normalized spacial score (nSPS) is 25.6. The van der Waals surface area contributed by atoms with Crippen LogP contribution in [-0.2, 0) is 14.8 Å².